The number of benzene rings is 1. The summed E-state index contributed by atoms with van der Waals surface area (Å²) in [4.78, 5) is 2.46. The van der Waals surface area contributed by atoms with Crippen molar-refractivity contribution in [2.45, 2.75) is 25.8 Å². The van der Waals surface area contributed by atoms with E-state index < -0.39 is 0 Å². The first kappa shape index (κ1) is 11.2. The minimum absolute atomic E-state index is 0.870. The second-order valence-corrected chi connectivity index (χ2v) is 5.68. The van der Waals surface area contributed by atoms with Crippen molar-refractivity contribution in [3.05, 3.63) is 34.9 Å². The smallest absolute Gasteiger partial charge is 0.0230 e. The molecule has 0 unspecified atom stereocenters. The lowest BCUT2D eigenvalue weighted by molar-refractivity contribution is 0.218. The maximum Gasteiger partial charge on any atom is 0.0230 e. The molecule has 0 radical (unpaired) electrons. The number of nitrogens with one attached hydrogen (secondary N) is 1. The standard InChI is InChI=1S/C15H22N2/c1-17(11-13-8-16-9-13)10-12-5-6-14-3-2-4-15(14)7-12/h5-7,13,16H,2-4,8-11H2,1H3. The largest absolute Gasteiger partial charge is 0.316 e. The monoisotopic (exact) mass is 230 g/mol. The molecule has 0 amide bonds. The summed E-state index contributed by atoms with van der Waals surface area (Å²) in [5, 5.41) is 3.34. The van der Waals surface area contributed by atoms with Crippen LogP contribution < -0.4 is 5.32 Å². The third kappa shape index (κ3) is 2.53. The van der Waals surface area contributed by atoms with E-state index in [2.05, 4.69) is 35.5 Å². The lowest BCUT2D eigenvalue weighted by Gasteiger charge is -2.31. The Balaban J connectivity index is 1.60. The molecule has 2 heteroatoms. The van der Waals surface area contributed by atoms with Gasteiger partial charge in [0.2, 0.25) is 0 Å². The summed E-state index contributed by atoms with van der Waals surface area (Å²) >= 11 is 0. The first-order chi connectivity index (χ1) is 8.31. The highest BCUT2D eigenvalue weighted by Gasteiger charge is 2.18. The molecular formula is C15H22N2. The zero-order valence-corrected chi connectivity index (χ0v) is 10.7. The number of hydrogen-bond acceptors (Lipinski definition) is 2. The molecule has 2 aliphatic rings. The Hall–Kier alpha value is -0.860. The van der Waals surface area contributed by atoms with Crippen molar-refractivity contribution in [3.8, 4) is 0 Å². The van der Waals surface area contributed by atoms with Gasteiger partial charge in [0.05, 0.1) is 0 Å². The normalized spacial score (nSPS) is 19.4. The average molecular weight is 230 g/mol. The molecule has 1 aromatic carbocycles. The van der Waals surface area contributed by atoms with Crippen molar-refractivity contribution in [3.63, 3.8) is 0 Å². The van der Waals surface area contributed by atoms with Gasteiger partial charge in [-0.05, 0) is 48.9 Å². The van der Waals surface area contributed by atoms with Crippen LogP contribution in [0.25, 0.3) is 0 Å². The number of hydrogen-bond donors (Lipinski definition) is 1. The van der Waals surface area contributed by atoms with Crippen LogP contribution in [0.4, 0.5) is 0 Å². The van der Waals surface area contributed by atoms with Gasteiger partial charge in [-0.2, -0.15) is 0 Å². The van der Waals surface area contributed by atoms with E-state index in [1.54, 1.807) is 11.1 Å². The van der Waals surface area contributed by atoms with Gasteiger partial charge in [-0.25, -0.2) is 0 Å². The molecular weight excluding hydrogens is 208 g/mol. The van der Waals surface area contributed by atoms with E-state index in [1.807, 2.05) is 0 Å². The van der Waals surface area contributed by atoms with Gasteiger partial charge in [-0.1, -0.05) is 18.2 Å². The summed E-state index contributed by atoms with van der Waals surface area (Å²) in [6.45, 7) is 4.73. The highest BCUT2D eigenvalue weighted by atomic mass is 15.1. The van der Waals surface area contributed by atoms with Crippen LogP contribution >= 0.6 is 0 Å². The van der Waals surface area contributed by atoms with E-state index in [-0.39, 0.29) is 0 Å². The molecule has 1 aromatic rings. The van der Waals surface area contributed by atoms with Gasteiger partial charge < -0.3 is 10.2 Å². The Labute approximate surface area is 104 Å². The molecule has 0 saturated carbocycles. The van der Waals surface area contributed by atoms with Crippen LogP contribution in [0.2, 0.25) is 0 Å². The lowest BCUT2D eigenvalue weighted by Crippen LogP contribution is -2.47. The number of aryl methyl sites for hydroxylation is 2. The van der Waals surface area contributed by atoms with E-state index >= 15 is 0 Å². The SMILES string of the molecule is CN(Cc1ccc2c(c1)CCC2)CC1CNC1. The summed E-state index contributed by atoms with van der Waals surface area (Å²) < 4.78 is 0. The third-order valence-corrected chi connectivity index (χ3v) is 4.05. The van der Waals surface area contributed by atoms with Gasteiger partial charge >= 0.3 is 0 Å². The van der Waals surface area contributed by atoms with E-state index in [0.29, 0.717) is 0 Å². The molecule has 2 nitrogen and oxygen atoms in total. The average Bonchev–Trinajstić information content (AvgIpc) is 2.71. The van der Waals surface area contributed by atoms with Gasteiger partial charge in [-0.3, -0.25) is 0 Å². The highest BCUT2D eigenvalue weighted by Crippen LogP contribution is 2.23. The molecule has 92 valence electrons. The number of rotatable bonds is 4. The van der Waals surface area contributed by atoms with Gasteiger partial charge in [-0.15, -0.1) is 0 Å². The van der Waals surface area contributed by atoms with Crippen LogP contribution in [0, 0.1) is 5.92 Å². The molecule has 0 atom stereocenters. The van der Waals surface area contributed by atoms with E-state index in [9.17, 15) is 0 Å². The Kier molecular flexibility index (Phi) is 3.17. The van der Waals surface area contributed by atoms with Crippen LogP contribution in [-0.4, -0.2) is 31.6 Å². The predicted molar refractivity (Wildman–Crippen MR) is 71.2 cm³/mol. The molecule has 3 rings (SSSR count). The fourth-order valence-corrected chi connectivity index (χ4v) is 3.02. The van der Waals surface area contributed by atoms with E-state index in [1.165, 1.54) is 44.5 Å². The number of fused-ring (bicyclic) bond motifs is 1. The zero-order valence-electron chi connectivity index (χ0n) is 10.7. The van der Waals surface area contributed by atoms with Gasteiger partial charge in [0.15, 0.2) is 0 Å². The van der Waals surface area contributed by atoms with Crippen molar-refractivity contribution in [1.29, 1.82) is 0 Å². The summed E-state index contributed by atoms with van der Waals surface area (Å²) in [7, 11) is 2.24. The molecule has 1 N–H and O–H groups in total. The second kappa shape index (κ2) is 4.79. The van der Waals surface area contributed by atoms with Crippen molar-refractivity contribution in [2.75, 3.05) is 26.7 Å². The van der Waals surface area contributed by atoms with Crippen molar-refractivity contribution in [1.82, 2.24) is 10.2 Å². The molecule has 0 aromatic heterocycles. The number of nitrogens with zero attached hydrogens (tertiary/aromatic N) is 1. The Bertz CT molecular complexity index is 396. The van der Waals surface area contributed by atoms with Gasteiger partial charge in [0.1, 0.15) is 0 Å². The first-order valence-corrected chi connectivity index (χ1v) is 6.81. The fourth-order valence-electron chi connectivity index (χ4n) is 3.02. The molecule has 0 bridgehead atoms. The van der Waals surface area contributed by atoms with Crippen LogP contribution in [0.15, 0.2) is 18.2 Å². The summed E-state index contributed by atoms with van der Waals surface area (Å²) in [6.07, 6.45) is 3.93. The molecule has 1 saturated heterocycles. The molecule has 17 heavy (non-hydrogen) atoms. The molecule has 0 spiro atoms. The van der Waals surface area contributed by atoms with Crippen LogP contribution in [0.3, 0.4) is 0 Å². The molecule has 1 heterocycles. The summed E-state index contributed by atoms with van der Waals surface area (Å²) in [6, 6.07) is 7.09. The Morgan fingerprint density at radius 2 is 2.06 bits per heavy atom. The second-order valence-electron chi connectivity index (χ2n) is 5.68. The highest BCUT2D eigenvalue weighted by molar-refractivity contribution is 5.35. The Morgan fingerprint density at radius 3 is 2.82 bits per heavy atom. The van der Waals surface area contributed by atoms with E-state index in [4.69, 9.17) is 0 Å². The van der Waals surface area contributed by atoms with Crippen LogP contribution in [0.1, 0.15) is 23.1 Å². The topological polar surface area (TPSA) is 15.3 Å². The predicted octanol–water partition coefficient (Wildman–Crippen LogP) is 1.83. The van der Waals surface area contributed by atoms with E-state index in [0.717, 1.165) is 12.5 Å². The Morgan fingerprint density at radius 1 is 1.24 bits per heavy atom. The zero-order chi connectivity index (χ0) is 11.7. The molecule has 1 aliphatic carbocycles. The van der Waals surface area contributed by atoms with Crippen LogP contribution in [-0.2, 0) is 19.4 Å². The van der Waals surface area contributed by atoms with Gasteiger partial charge in [0, 0.05) is 26.2 Å². The maximum absolute atomic E-state index is 3.34. The molecule has 1 aliphatic heterocycles. The van der Waals surface area contributed by atoms with Crippen molar-refractivity contribution < 1.29 is 0 Å². The fraction of sp³-hybridized carbons (Fsp3) is 0.600. The van der Waals surface area contributed by atoms with Crippen molar-refractivity contribution >= 4 is 0 Å². The summed E-state index contributed by atoms with van der Waals surface area (Å²) in [5.74, 6) is 0.870. The first-order valence-electron chi connectivity index (χ1n) is 6.81. The van der Waals surface area contributed by atoms with Crippen molar-refractivity contribution in [2.24, 2.45) is 5.92 Å². The third-order valence-electron chi connectivity index (χ3n) is 4.05. The minimum Gasteiger partial charge on any atom is -0.316 e. The van der Waals surface area contributed by atoms with Gasteiger partial charge in [0.25, 0.3) is 0 Å². The summed E-state index contributed by atoms with van der Waals surface area (Å²) in [5.41, 5.74) is 4.67. The quantitative estimate of drug-likeness (QED) is 0.849. The minimum atomic E-state index is 0.870. The molecule has 1 fully saturated rings. The van der Waals surface area contributed by atoms with Crippen LogP contribution in [0.5, 0.6) is 0 Å². The lowest BCUT2D eigenvalue weighted by atomic mass is 10.0. The maximum atomic E-state index is 3.34.